The van der Waals surface area contributed by atoms with Crippen LogP contribution in [-0.4, -0.2) is 5.78 Å². The predicted octanol–water partition coefficient (Wildman–Crippen LogP) is 4.79. The molecular weight excluding hydrogens is 295 g/mol. The maximum Gasteiger partial charge on any atom is 0.236 e. The third kappa shape index (κ3) is 3.30. The van der Waals surface area contributed by atoms with Crippen molar-refractivity contribution in [1.29, 1.82) is 0 Å². The highest BCUT2D eigenvalue weighted by atomic mass is 32.1. The zero-order valence-electron chi connectivity index (χ0n) is 11.5. The molecule has 3 aromatic rings. The molecule has 22 heavy (non-hydrogen) atoms. The van der Waals surface area contributed by atoms with Gasteiger partial charge in [-0.2, -0.15) is 0 Å². The second-order valence-corrected chi connectivity index (χ2v) is 5.59. The van der Waals surface area contributed by atoms with Crippen LogP contribution in [0.15, 0.2) is 66.0 Å². The average molecular weight is 306 g/mol. The largest absolute Gasteiger partial charge is 0.279 e. The first-order valence-electron chi connectivity index (χ1n) is 6.68. The van der Waals surface area contributed by atoms with E-state index in [1.807, 2.05) is 29.6 Å². The fourth-order valence-corrected chi connectivity index (χ4v) is 2.57. The number of hydrogen-bond acceptors (Lipinski definition) is 2. The summed E-state index contributed by atoms with van der Waals surface area (Å²) in [5.74, 6) is 5.02. The second kappa shape index (κ2) is 6.38. The standard InChI is InChI=1S/C19H11FOS/c20-17-9-7-15(8-10-17)14-3-5-16(6-4-14)19(21)12-11-18-2-1-13-22-18/h1-10,13H. The number of halogens is 1. The Morgan fingerprint density at radius 1 is 0.909 bits per heavy atom. The van der Waals surface area contributed by atoms with E-state index in [0.717, 1.165) is 16.0 Å². The molecule has 0 aliphatic carbocycles. The van der Waals surface area contributed by atoms with Gasteiger partial charge in [-0.05, 0) is 58.7 Å². The quantitative estimate of drug-likeness (QED) is 0.491. The smallest absolute Gasteiger partial charge is 0.236 e. The van der Waals surface area contributed by atoms with E-state index in [0.29, 0.717) is 5.56 Å². The van der Waals surface area contributed by atoms with Crippen LogP contribution in [0.2, 0.25) is 0 Å². The topological polar surface area (TPSA) is 17.1 Å². The van der Waals surface area contributed by atoms with Gasteiger partial charge in [-0.25, -0.2) is 4.39 Å². The average Bonchev–Trinajstić information content (AvgIpc) is 3.07. The number of rotatable bonds is 2. The Labute approximate surface area is 132 Å². The van der Waals surface area contributed by atoms with Crippen molar-refractivity contribution >= 4 is 17.1 Å². The van der Waals surface area contributed by atoms with Crippen molar-refractivity contribution in [1.82, 2.24) is 0 Å². The summed E-state index contributed by atoms with van der Waals surface area (Å²) in [4.78, 5) is 12.9. The molecule has 0 saturated carbocycles. The molecule has 0 radical (unpaired) electrons. The maximum atomic E-state index is 12.9. The molecule has 0 fully saturated rings. The van der Waals surface area contributed by atoms with Crippen LogP contribution in [0.25, 0.3) is 11.1 Å². The SMILES string of the molecule is O=C(C#Cc1cccs1)c1ccc(-c2ccc(F)cc2)cc1. The van der Waals surface area contributed by atoms with Gasteiger partial charge >= 0.3 is 0 Å². The fourth-order valence-electron chi connectivity index (χ4n) is 2.00. The van der Waals surface area contributed by atoms with Gasteiger partial charge in [0, 0.05) is 5.56 Å². The van der Waals surface area contributed by atoms with Gasteiger partial charge in [-0.3, -0.25) is 4.79 Å². The minimum absolute atomic E-state index is 0.209. The van der Waals surface area contributed by atoms with Crippen molar-refractivity contribution in [3.05, 3.63) is 82.3 Å². The highest BCUT2D eigenvalue weighted by molar-refractivity contribution is 7.10. The van der Waals surface area contributed by atoms with Crippen LogP contribution in [0.5, 0.6) is 0 Å². The molecule has 0 aliphatic rings. The fraction of sp³-hybridized carbons (Fsp3) is 0. The molecule has 0 spiro atoms. The van der Waals surface area contributed by atoms with Crippen molar-refractivity contribution in [2.24, 2.45) is 0 Å². The lowest BCUT2D eigenvalue weighted by Crippen LogP contribution is -1.94. The van der Waals surface area contributed by atoms with Gasteiger partial charge in [0.2, 0.25) is 5.78 Å². The number of carbonyl (C=O) groups excluding carboxylic acids is 1. The highest BCUT2D eigenvalue weighted by Gasteiger charge is 2.03. The zero-order valence-corrected chi connectivity index (χ0v) is 12.4. The highest BCUT2D eigenvalue weighted by Crippen LogP contribution is 2.20. The van der Waals surface area contributed by atoms with Gasteiger partial charge < -0.3 is 0 Å². The number of ketones is 1. The van der Waals surface area contributed by atoms with Crippen molar-refractivity contribution in [2.75, 3.05) is 0 Å². The molecule has 106 valence electrons. The van der Waals surface area contributed by atoms with Crippen LogP contribution < -0.4 is 0 Å². The van der Waals surface area contributed by atoms with Crippen LogP contribution in [0.4, 0.5) is 4.39 Å². The molecule has 1 aromatic heterocycles. The van der Waals surface area contributed by atoms with Gasteiger partial charge in [-0.15, -0.1) is 11.3 Å². The third-order valence-corrected chi connectivity index (χ3v) is 3.93. The predicted molar refractivity (Wildman–Crippen MR) is 87.4 cm³/mol. The molecule has 0 atom stereocenters. The van der Waals surface area contributed by atoms with Gasteiger partial charge in [0.1, 0.15) is 5.82 Å². The number of hydrogen-bond donors (Lipinski definition) is 0. The van der Waals surface area contributed by atoms with E-state index in [2.05, 4.69) is 11.8 Å². The molecule has 2 aromatic carbocycles. The minimum atomic E-state index is -0.264. The summed E-state index contributed by atoms with van der Waals surface area (Å²) in [5, 5.41) is 1.92. The molecule has 0 saturated heterocycles. The Kier molecular flexibility index (Phi) is 4.13. The summed E-state index contributed by atoms with van der Waals surface area (Å²) in [6, 6.07) is 17.2. The van der Waals surface area contributed by atoms with E-state index >= 15 is 0 Å². The van der Waals surface area contributed by atoms with Crippen LogP contribution in [-0.2, 0) is 0 Å². The number of Topliss-reactive ketones (excluding diaryl/α,β-unsaturated/α-hetero) is 1. The van der Waals surface area contributed by atoms with Gasteiger partial charge in [0.05, 0.1) is 4.88 Å². The van der Waals surface area contributed by atoms with E-state index in [-0.39, 0.29) is 11.6 Å². The molecular formula is C19H11FOS. The third-order valence-electron chi connectivity index (χ3n) is 3.15. The Morgan fingerprint density at radius 2 is 1.55 bits per heavy atom. The number of thiophene rings is 1. The molecule has 3 heteroatoms. The first kappa shape index (κ1) is 14.2. The van der Waals surface area contributed by atoms with Crippen LogP contribution in [0.1, 0.15) is 15.2 Å². The first-order valence-corrected chi connectivity index (χ1v) is 7.56. The van der Waals surface area contributed by atoms with Gasteiger partial charge in [-0.1, -0.05) is 30.3 Å². The summed E-state index contributed by atoms with van der Waals surface area (Å²) in [7, 11) is 0. The Bertz CT molecular complexity index is 835. The summed E-state index contributed by atoms with van der Waals surface area (Å²) >= 11 is 1.50. The lowest BCUT2D eigenvalue weighted by molar-refractivity contribution is 0.105. The summed E-state index contributed by atoms with van der Waals surface area (Å²) in [6.07, 6.45) is 0. The second-order valence-electron chi connectivity index (χ2n) is 4.64. The van der Waals surface area contributed by atoms with Crippen molar-refractivity contribution in [2.45, 2.75) is 0 Å². The molecule has 0 N–H and O–H groups in total. The Morgan fingerprint density at radius 3 is 2.14 bits per heavy atom. The maximum absolute atomic E-state index is 12.9. The van der Waals surface area contributed by atoms with E-state index in [4.69, 9.17) is 0 Å². The monoisotopic (exact) mass is 306 g/mol. The van der Waals surface area contributed by atoms with E-state index in [1.165, 1.54) is 23.5 Å². The lowest BCUT2D eigenvalue weighted by atomic mass is 10.0. The van der Waals surface area contributed by atoms with Crippen LogP contribution in [0.3, 0.4) is 0 Å². The molecule has 0 amide bonds. The van der Waals surface area contributed by atoms with Crippen LogP contribution >= 0.6 is 11.3 Å². The summed E-state index contributed by atoms with van der Waals surface area (Å²) in [6.45, 7) is 0. The summed E-state index contributed by atoms with van der Waals surface area (Å²) < 4.78 is 12.9. The molecule has 3 rings (SSSR count). The first-order chi connectivity index (χ1) is 10.7. The van der Waals surface area contributed by atoms with Gasteiger partial charge in [0.15, 0.2) is 0 Å². The van der Waals surface area contributed by atoms with Crippen molar-refractivity contribution < 1.29 is 9.18 Å². The normalized spacial score (nSPS) is 9.86. The molecule has 0 unspecified atom stereocenters. The minimum Gasteiger partial charge on any atom is -0.279 e. The van der Waals surface area contributed by atoms with Crippen LogP contribution in [0, 0.1) is 17.7 Å². The van der Waals surface area contributed by atoms with Crippen molar-refractivity contribution in [3.8, 4) is 23.0 Å². The Hall–Kier alpha value is -2.70. The molecule has 1 nitrogen and oxygen atoms in total. The summed E-state index contributed by atoms with van der Waals surface area (Å²) in [5.41, 5.74) is 2.39. The van der Waals surface area contributed by atoms with Gasteiger partial charge in [0.25, 0.3) is 0 Å². The van der Waals surface area contributed by atoms with E-state index in [9.17, 15) is 9.18 Å². The number of carbonyl (C=O) groups is 1. The molecule has 1 heterocycles. The van der Waals surface area contributed by atoms with Crippen molar-refractivity contribution in [3.63, 3.8) is 0 Å². The number of benzene rings is 2. The molecule has 0 aliphatic heterocycles. The zero-order chi connectivity index (χ0) is 15.4. The van der Waals surface area contributed by atoms with E-state index < -0.39 is 0 Å². The molecule has 0 bridgehead atoms. The van der Waals surface area contributed by atoms with E-state index in [1.54, 1.807) is 24.3 Å². The lowest BCUT2D eigenvalue weighted by Gasteiger charge is -2.02. The Balaban J connectivity index is 1.79.